The van der Waals surface area contributed by atoms with E-state index in [1.165, 1.54) is 23.1 Å². The van der Waals surface area contributed by atoms with Crippen molar-refractivity contribution < 1.29 is 22.4 Å². The van der Waals surface area contributed by atoms with Crippen LogP contribution in [0, 0.1) is 5.82 Å². The Morgan fingerprint density at radius 1 is 1.00 bits per heavy atom. The molecule has 0 radical (unpaired) electrons. The van der Waals surface area contributed by atoms with Gasteiger partial charge in [-0.1, -0.05) is 57.9 Å². The van der Waals surface area contributed by atoms with Crippen molar-refractivity contribution in [1.29, 1.82) is 0 Å². The summed E-state index contributed by atoms with van der Waals surface area (Å²) in [6, 6.07) is 22.6. The van der Waals surface area contributed by atoms with E-state index in [1.54, 1.807) is 12.1 Å². The average Bonchev–Trinajstić information content (AvgIpc) is 3.05. The first-order valence-electron chi connectivity index (χ1n) is 11.7. The third-order valence-corrected chi connectivity index (χ3v) is 8.37. The highest BCUT2D eigenvalue weighted by atomic mass is 79.9. The van der Waals surface area contributed by atoms with Gasteiger partial charge >= 0.3 is 0 Å². The number of halogens is 3. The van der Waals surface area contributed by atoms with Crippen molar-refractivity contribution in [2.45, 2.75) is 10.9 Å². The Hall–Kier alpha value is -3.73. The second kappa shape index (κ2) is 10.8. The number of sulfonamides is 1. The number of fused-ring (bicyclic) bond motifs is 1. The second-order valence-electron chi connectivity index (χ2n) is 8.78. The van der Waals surface area contributed by atoms with Gasteiger partial charge in [-0.2, -0.15) is 0 Å². The first kappa shape index (κ1) is 26.9. The number of hydrogen-bond acceptors (Lipinski definition) is 4. The van der Waals surface area contributed by atoms with Crippen LogP contribution < -0.4 is 10.0 Å². The molecule has 2 amide bonds. The van der Waals surface area contributed by atoms with E-state index in [4.69, 9.17) is 11.6 Å². The average molecular weight is 629 g/mol. The van der Waals surface area contributed by atoms with Gasteiger partial charge in [0.25, 0.3) is 15.9 Å². The summed E-state index contributed by atoms with van der Waals surface area (Å²) in [6.07, 6.45) is 0. The normalized spacial score (nSPS) is 15.2. The Labute approximate surface area is 237 Å². The number of benzene rings is 4. The monoisotopic (exact) mass is 627 g/mol. The maximum absolute atomic E-state index is 14.0. The minimum atomic E-state index is -4.13. The van der Waals surface area contributed by atoms with E-state index in [0.717, 1.165) is 34.3 Å². The minimum Gasteiger partial charge on any atom is -0.324 e. The van der Waals surface area contributed by atoms with Crippen LogP contribution in [0.5, 0.6) is 0 Å². The number of nitrogens with one attached hydrogen (secondary N) is 2. The van der Waals surface area contributed by atoms with Crippen LogP contribution in [0.15, 0.2) is 100 Å². The Kier molecular flexibility index (Phi) is 7.44. The van der Waals surface area contributed by atoms with Crippen molar-refractivity contribution in [2.24, 2.45) is 0 Å². The molecule has 4 aromatic carbocycles. The van der Waals surface area contributed by atoms with E-state index in [0.29, 0.717) is 11.3 Å². The van der Waals surface area contributed by atoms with Gasteiger partial charge in [-0.25, -0.2) is 12.8 Å². The van der Waals surface area contributed by atoms with Crippen molar-refractivity contribution in [3.05, 3.63) is 123 Å². The first-order valence-corrected chi connectivity index (χ1v) is 14.3. The van der Waals surface area contributed by atoms with Crippen LogP contribution >= 0.6 is 27.5 Å². The van der Waals surface area contributed by atoms with E-state index in [-0.39, 0.29) is 33.6 Å². The van der Waals surface area contributed by atoms with Crippen molar-refractivity contribution in [3.63, 3.8) is 0 Å². The SMILES string of the molecule is O=C1CN(C(=O)c2ccc(Cl)c(NS(=O)(=O)c3ccc(F)cc3)c2)C(c2ccccc2)c2cc(Br)ccc2N1. The molecule has 5 rings (SSSR count). The molecular formula is C28H20BrClFN3O4S. The number of nitrogens with zero attached hydrogens (tertiary/aromatic N) is 1. The van der Waals surface area contributed by atoms with Gasteiger partial charge < -0.3 is 10.2 Å². The van der Waals surface area contributed by atoms with Gasteiger partial charge in [0.1, 0.15) is 12.4 Å². The fraction of sp³-hybridized carbons (Fsp3) is 0.0714. The lowest BCUT2D eigenvalue weighted by atomic mass is 9.95. The standard InChI is InChI=1S/C28H20BrClFN3O4S/c29-19-7-13-24-22(15-19)27(17-4-2-1-3-5-17)34(16-26(35)32-24)28(36)18-6-12-23(30)25(14-18)33-39(37,38)21-10-8-20(31)9-11-21/h1-15,27,33H,16H2,(H,32,35). The van der Waals surface area contributed by atoms with Crippen LogP contribution in [0.3, 0.4) is 0 Å². The zero-order valence-electron chi connectivity index (χ0n) is 20.1. The molecule has 0 saturated heterocycles. The van der Waals surface area contributed by atoms with Crippen LogP contribution in [-0.4, -0.2) is 31.7 Å². The van der Waals surface area contributed by atoms with Crippen LogP contribution in [-0.2, 0) is 14.8 Å². The van der Waals surface area contributed by atoms with Crippen LogP contribution in [0.4, 0.5) is 15.8 Å². The molecule has 1 heterocycles. The third-order valence-electron chi connectivity index (χ3n) is 6.17. The van der Waals surface area contributed by atoms with Gasteiger partial charge in [0.05, 0.1) is 21.6 Å². The molecule has 1 unspecified atom stereocenters. The van der Waals surface area contributed by atoms with E-state index in [2.05, 4.69) is 26.0 Å². The fourth-order valence-corrected chi connectivity index (χ4v) is 6.05. The summed E-state index contributed by atoms with van der Waals surface area (Å²) in [6.45, 7) is -0.246. The van der Waals surface area contributed by atoms with E-state index in [9.17, 15) is 22.4 Å². The maximum Gasteiger partial charge on any atom is 0.261 e. The highest BCUT2D eigenvalue weighted by Crippen LogP contribution is 2.38. The zero-order chi connectivity index (χ0) is 27.7. The van der Waals surface area contributed by atoms with E-state index >= 15 is 0 Å². The molecule has 4 aromatic rings. The number of carbonyl (C=O) groups excluding carboxylic acids is 2. The van der Waals surface area contributed by atoms with Gasteiger partial charge in [-0.15, -0.1) is 0 Å². The summed E-state index contributed by atoms with van der Waals surface area (Å²) in [5, 5.41) is 2.92. The Bertz CT molecular complexity index is 1690. The summed E-state index contributed by atoms with van der Waals surface area (Å²) in [7, 11) is -4.13. The summed E-state index contributed by atoms with van der Waals surface area (Å²) in [5.74, 6) is -1.47. The molecule has 0 saturated carbocycles. The Balaban J connectivity index is 1.56. The van der Waals surface area contributed by atoms with Crippen molar-refractivity contribution in [2.75, 3.05) is 16.6 Å². The maximum atomic E-state index is 14.0. The summed E-state index contributed by atoms with van der Waals surface area (Å²) in [5.41, 5.74) is 2.15. The summed E-state index contributed by atoms with van der Waals surface area (Å²) in [4.78, 5) is 28.1. The lowest BCUT2D eigenvalue weighted by Crippen LogP contribution is -2.39. The smallest absolute Gasteiger partial charge is 0.261 e. The molecule has 0 spiro atoms. The van der Waals surface area contributed by atoms with E-state index in [1.807, 2.05) is 36.4 Å². The molecule has 1 aliphatic heterocycles. The molecule has 1 aliphatic rings. The summed E-state index contributed by atoms with van der Waals surface area (Å²) < 4.78 is 42.2. The predicted octanol–water partition coefficient (Wildman–Crippen LogP) is 6.23. The summed E-state index contributed by atoms with van der Waals surface area (Å²) >= 11 is 9.77. The minimum absolute atomic E-state index is 0.0366. The molecule has 0 fully saturated rings. The number of anilines is 2. The topological polar surface area (TPSA) is 95.6 Å². The molecular weight excluding hydrogens is 609 g/mol. The van der Waals surface area contributed by atoms with Gasteiger partial charge in [0, 0.05) is 21.3 Å². The van der Waals surface area contributed by atoms with Gasteiger partial charge in [-0.05, 0) is 66.2 Å². The largest absolute Gasteiger partial charge is 0.324 e. The van der Waals surface area contributed by atoms with Crippen LogP contribution in [0.1, 0.15) is 27.5 Å². The predicted molar refractivity (Wildman–Crippen MR) is 151 cm³/mol. The highest BCUT2D eigenvalue weighted by Gasteiger charge is 2.34. The molecule has 0 bridgehead atoms. The molecule has 39 heavy (non-hydrogen) atoms. The Morgan fingerprint density at radius 2 is 1.72 bits per heavy atom. The quantitative estimate of drug-likeness (QED) is 0.274. The van der Waals surface area contributed by atoms with E-state index < -0.39 is 27.8 Å². The number of amides is 2. The highest BCUT2D eigenvalue weighted by molar-refractivity contribution is 9.10. The van der Waals surface area contributed by atoms with Gasteiger partial charge in [0.2, 0.25) is 5.91 Å². The van der Waals surface area contributed by atoms with Crippen molar-refractivity contribution >= 4 is 60.7 Å². The molecule has 1 atom stereocenters. The van der Waals surface area contributed by atoms with Crippen LogP contribution in [0.2, 0.25) is 5.02 Å². The zero-order valence-corrected chi connectivity index (χ0v) is 23.2. The number of carbonyl (C=O) groups is 2. The Morgan fingerprint density at radius 3 is 2.44 bits per heavy atom. The molecule has 11 heteroatoms. The number of rotatable bonds is 5. The first-order chi connectivity index (χ1) is 18.6. The van der Waals surface area contributed by atoms with Gasteiger partial charge in [0.15, 0.2) is 0 Å². The lowest BCUT2D eigenvalue weighted by molar-refractivity contribution is -0.117. The molecule has 0 aromatic heterocycles. The van der Waals surface area contributed by atoms with Crippen LogP contribution in [0.25, 0.3) is 0 Å². The van der Waals surface area contributed by atoms with Crippen molar-refractivity contribution in [1.82, 2.24) is 4.90 Å². The number of hydrogen-bond donors (Lipinski definition) is 2. The molecule has 2 N–H and O–H groups in total. The molecule has 0 aliphatic carbocycles. The van der Waals surface area contributed by atoms with Crippen molar-refractivity contribution in [3.8, 4) is 0 Å². The second-order valence-corrected chi connectivity index (χ2v) is 11.8. The third kappa shape index (κ3) is 5.68. The molecule has 198 valence electrons. The van der Waals surface area contributed by atoms with Gasteiger partial charge in [-0.3, -0.25) is 14.3 Å². The fourth-order valence-electron chi connectivity index (χ4n) is 4.38. The molecule has 7 nitrogen and oxygen atoms in total. The lowest BCUT2D eigenvalue weighted by Gasteiger charge is -2.31.